The van der Waals surface area contributed by atoms with Gasteiger partial charge in [0.15, 0.2) is 0 Å². The Morgan fingerprint density at radius 1 is 1.42 bits per heavy atom. The maximum Gasteiger partial charge on any atom is 0.125 e. The van der Waals surface area contributed by atoms with Crippen LogP contribution in [0.1, 0.15) is 20.8 Å². The van der Waals surface area contributed by atoms with Crippen molar-refractivity contribution in [2.45, 2.75) is 26.3 Å². The topological polar surface area (TPSA) is 12.0 Å². The van der Waals surface area contributed by atoms with Gasteiger partial charge in [0.2, 0.25) is 0 Å². The Hall–Kier alpha value is -1.05. The molecule has 65 valence electrons. The van der Waals surface area contributed by atoms with E-state index in [2.05, 4.69) is 11.4 Å². The van der Waals surface area contributed by atoms with E-state index in [-0.39, 0.29) is 11.4 Å². The molecule has 0 aliphatic rings. The van der Waals surface area contributed by atoms with Crippen LogP contribution < -0.4 is 5.32 Å². The van der Waals surface area contributed by atoms with Gasteiger partial charge in [0, 0.05) is 17.3 Å². The summed E-state index contributed by atoms with van der Waals surface area (Å²) in [6.07, 6.45) is 0. The van der Waals surface area contributed by atoms with Crippen molar-refractivity contribution in [3.63, 3.8) is 0 Å². The maximum atomic E-state index is 12.7. The Labute approximate surface area is 72.6 Å². The largest absolute Gasteiger partial charge is 0.380 e. The van der Waals surface area contributed by atoms with E-state index in [1.165, 1.54) is 12.1 Å². The average molecular weight is 166 g/mol. The minimum absolute atomic E-state index is 0.0513. The minimum atomic E-state index is -0.236. The second kappa shape index (κ2) is 3.13. The van der Waals surface area contributed by atoms with E-state index in [1.54, 1.807) is 6.07 Å². The molecule has 0 atom stereocenters. The highest BCUT2D eigenvalue weighted by Gasteiger charge is 2.08. The first-order valence-corrected chi connectivity index (χ1v) is 3.93. The lowest BCUT2D eigenvalue weighted by Gasteiger charge is -2.21. The molecule has 0 spiro atoms. The van der Waals surface area contributed by atoms with Crippen LogP contribution in [0.15, 0.2) is 18.2 Å². The number of halogens is 1. The van der Waals surface area contributed by atoms with Crippen molar-refractivity contribution < 1.29 is 4.39 Å². The van der Waals surface area contributed by atoms with Crippen LogP contribution in [0.25, 0.3) is 0 Å². The number of anilines is 1. The van der Waals surface area contributed by atoms with Gasteiger partial charge in [0.1, 0.15) is 5.82 Å². The fourth-order valence-corrected chi connectivity index (χ4v) is 0.915. The monoisotopic (exact) mass is 166 g/mol. The fourth-order valence-electron chi connectivity index (χ4n) is 0.915. The third-order valence-corrected chi connectivity index (χ3v) is 1.27. The molecule has 12 heavy (non-hydrogen) atoms. The molecule has 2 heteroatoms. The normalized spacial score (nSPS) is 11.3. The molecule has 1 radical (unpaired) electrons. The summed E-state index contributed by atoms with van der Waals surface area (Å²) in [4.78, 5) is 0. The zero-order chi connectivity index (χ0) is 9.19. The van der Waals surface area contributed by atoms with Crippen LogP contribution in [0.5, 0.6) is 0 Å². The van der Waals surface area contributed by atoms with E-state index in [1.807, 2.05) is 20.8 Å². The van der Waals surface area contributed by atoms with Gasteiger partial charge in [0.05, 0.1) is 0 Å². The predicted octanol–water partition coefficient (Wildman–Crippen LogP) is 2.84. The lowest BCUT2D eigenvalue weighted by atomic mass is 10.1. The molecule has 0 saturated carbocycles. The summed E-state index contributed by atoms with van der Waals surface area (Å²) in [6, 6.07) is 7.31. The van der Waals surface area contributed by atoms with Gasteiger partial charge >= 0.3 is 0 Å². The second-order valence-corrected chi connectivity index (χ2v) is 3.80. The Morgan fingerprint density at radius 2 is 2.08 bits per heavy atom. The molecule has 0 fully saturated rings. The van der Waals surface area contributed by atoms with Crippen LogP contribution in [0, 0.1) is 11.9 Å². The van der Waals surface area contributed by atoms with Crippen LogP contribution in [-0.2, 0) is 0 Å². The van der Waals surface area contributed by atoms with Crippen LogP contribution in [-0.4, -0.2) is 5.54 Å². The Balaban J connectivity index is 2.77. The zero-order valence-corrected chi connectivity index (χ0v) is 7.61. The van der Waals surface area contributed by atoms with Gasteiger partial charge in [-0.2, -0.15) is 0 Å². The predicted molar refractivity (Wildman–Crippen MR) is 48.6 cm³/mol. The summed E-state index contributed by atoms with van der Waals surface area (Å²) in [5.41, 5.74) is 0.645. The molecule has 1 nitrogen and oxygen atoms in total. The van der Waals surface area contributed by atoms with Crippen molar-refractivity contribution in [2.24, 2.45) is 0 Å². The van der Waals surface area contributed by atoms with Crippen molar-refractivity contribution in [2.75, 3.05) is 5.32 Å². The van der Waals surface area contributed by atoms with Crippen molar-refractivity contribution in [3.8, 4) is 0 Å². The molecule has 0 aromatic heterocycles. The quantitative estimate of drug-likeness (QED) is 0.676. The van der Waals surface area contributed by atoms with E-state index in [4.69, 9.17) is 0 Å². The van der Waals surface area contributed by atoms with Gasteiger partial charge in [-0.3, -0.25) is 0 Å². The molecule has 0 saturated heterocycles. The molecular formula is C10H13FN. The molecular weight excluding hydrogens is 153 g/mol. The summed E-state index contributed by atoms with van der Waals surface area (Å²) in [7, 11) is 0. The number of nitrogens with one attached hydrogen (secondary N) is 1. The summed E-state index contributed by atoms with van der Waals surface area (Å²) in [5.74, 6) is -0.236. The standard InChI is InChI=1S/C10H13FN/c1-10(2,3)12-9-6-4-5-8(11)7-9/h4-5,7,12H,1-3H3. The van der Waals surface area contributed by atoms with E-state index in [0.29, 0.717) is 5.69 Å². The lowest BCUT2D eigenvalue weighted by Crippen LogP contribution is -2.26. The van der Waals surface area contributed by atoms with Gasteiger partial charge in [-0.15, -0.1) is 0 Å². The highest BCUT2D eigenvalue weighted by molar-refractivity contribution is 5.43. The van der Waals surface area contributed by atoms with E-state index in [9.17, 15) is 4.39 Å². The molecule has 1 aromatic rings. The first-order valence-electron chi connectivity index (χ1n) is 3.93. The van der Waals surface area contributed by atoms with Crippen LogP contribution in [0.3, 0.4) is 0 Å². The van der Waals surface area contributed by atoms with E-state index in [0.717, 1.165) is 0 Å². The lowest BCUT2D eigenvalue weighted by molar-refractivity contribution is 0.618. The van der Waals surface area contributed by atoms with Crippen molar-refractivity contribution >= 4 is 5.69 Å². The molecule has 0 unspecified atom stereocenters. The van der Waals surface area contributed by atoms with Gasteiger partial charge < -0.3 is 5.32 Å². The van der Waals surface area contributed by atoms with E-state index >= 15 is 0 Å². The molecule has 0 heterocycles. The molecule has 1 aromatic carbocycles. The second-order valence-electron chi connectivity index (χ2n) is 3.80. The average Bonchev–Trinajstić information content (AvgIpc) is 1.82. The number of hydrogen-bond donors (Lipinski definition) is 1. The van der Waals surface area contributed by atoms with Crippen molar-refractivity contribution in [1.82, 2.24) is 0 Å². The summed E-state index contributed by atoms with van der Waals surface area (Å²) in [6.45, 7) is 6.06. The first-order chi connectivity index (χ1) is 5.47. The highest BCUT2D eigenvalue weighted by atomic mass is 19.1. The molecule has 0 bridgehead atoms. The Morgan fingerprint density at radius 3 is 2.58 bits per heavy atom. The molecule has 0 aliphatic carbocycles. The summed E-state index contributed by atoms with van der Waals surface area (Å²) < 4.78 is 12.7. The first kappa shape index (κ1) is 9.04. The SMILES string of the molecule is CC(C)(C)Nc1[c]ccc(F)c1. The number of rotatable bonds is 1. The minimum Gasteiger partial charge on any atom is -0.380 e. The molecule has 1 rings (SSSR count). The van der Waals surface area contributed by atoms with Crippen molar-refractivity contribution in [3.05, 3.63) is 30.1 Å². The molecule has 0 aliphatic heterocycles. The zero-order valence-electron chi connectivity index (χ0n) is 7.61. The Bertz CT molecular complexity index is 263. The van der Waals surface area contributed by atoms with Gasteiger partial charge in [-0.25, -0.2) is 4.39 Å². The number of benzene rings is 1. The van der Waals surface area contributed by atoms with Crippen LogP contribution >= 0.6 is 0 Å². The van der Waals surface area contributed by atoms with Crippen molar-refractivity contribution in [1.29, 1.82) is 0 Å². The van der Waals surface area contributed by atoms with Gasteiger partial charge in [0.25, 0.3) is 0 Å². The molecule has 1 N–H and O–H groups in total. The fraction of sp³-hybridized carbons (Fsp3) is 0.400. The van der Waals surface area contributed by atoms with Crippen LogP contribution in [0.2, 0.25) is 0 Å². The Kier molecular flexibility index (Phi) is 2.36. The van der Waals surface area contributed by atoms with E-state index < -0.39 is 0 Å². The highest BCUT2D eigenvalue weighted by Crippen LogP contribution is 2.14. The van der Waals surface area contributed by atoms with Gasteiger partial charge in [-0.05, 0) is 39.0 Å². The smallest absolute Gasteiger partial charge is 0.125 e. The number of hydrogen-bond acceptors (Lipinski definition) is 1. The summed E-state index contributed by atoms with van der Waals surface area (Å²) in [5, 5.41) is 3.13. The summed E-state index contributed by atoms with van der Waals surface area (Å²) >= 11 is 0. The third kappa shape index (κ3) is 2.91. The maximum absolute atomic E-state index is 12.7. The molecule has 0 amide bonds. The third-order valence-electron chi connectivity index (χ3n) is 1.27. The van der Waals surface area contributed by atoms with Crippen LogP contribution in [0.4, 0.5) is 10.1 Å². The van der Waals surface area contributed by atoms with Gasteiger partial charge in [-0.1, -0.05) is 0 Å².